The number of carbonyl (C=O) groups excluding carboxylic acids is 2. The van der Waals surface area contributed by atoms with Gasteiger partial charge < -0.3 is 28.4 Å². The van der Waals surface area contributed by atoms with Crippen LogP contribution in [0.15, 0.2) is 72.8 Å². The van der Waals surface area contributed by atoms with E-state index in [-0.39, 0.29) is 25.4 Å². The van der Waals surface area contributed by atoms with E-state index in [1.165, 1.54) is 0 Å². The first kappa shape index (κ1) is 27.7. The van der Waals surface area contributed by atoms with Crippen LogP contribution in [-0.2, 0) is 32.2 Å². The molecule has 0 bridgehead atoms. The second kappa shape index (κ2) is 14.0. The Hall–Kier alpha value is -3.88. The average Bonchev–Trinajstić information content (AvgIpc) is 3.72. The zero-order valence-corrected chi connectivity index (χ0v) is 22.4. The first-order valence-corrected chi connectivity index (χ1v) is 13.7. The van der Waals surface area contributed by atoms with E-state index in [0.29, 0.717) is 35.8 Å². The van der Waals surface area contributed by atoms with E-state index in [2.05, 4.69) is 0 Å². The van der Waals surface area contributed by atoms with Gasteiger partial charge >= 0.3 is 11.9 Å². The lowest BCUT2D eigenvalue weighted by atomic mass is 10.1. The van der Waals surface area contributed by atoms with Gasteiger partial charge in [0.25, 0.3) is 0 Å². The molecule has 2 saturated heterocycles. The van der Waals surface area contributed by atoms with Crippen LogP contribution in [-0.4, -0.2) is 50.6 Å². The Bertz CT molecular complexity index is 1150. The van der Waals surface area contributed by atoms with Crippen LogP contribution in [0.4, 0.5) is 0 Å². The molecule has 3 aromatic rings. The van der Waals surface area contributed by atoms with E-state index in [9.17, 15) is 9.59 Å². The number of hydrogen-bond donors (Lipinski definition) is 0. The number of esters is 2. The lowest BCUT2D eigenvalue weighted by Crippen LogP contribution is -2.16. The van der Waals surface area contributed by atoms with E-state index in [1.54, 1.807) is 48.5 Å². The molecule has 2 aliphatic rings. The van der Waals surface area contributed by atoms with Crippen molar-refractivity contribution in [1.29, 1.82) is 0 Å². The summed E-state index contributed by atoms with van der Waals surface area (Å²) in [6, 6.07) is 21.2. The van der Waals surface area contributed by atoms with Crippen molar-refractivity contribution in [2.75, 3.05) is 26.4 Å². The van der Waals surface area contributed by atoms with Crippen LogP contribution in [0.2, 0.25) is 0 Å². The van der Waals surface area contributed by atoms with Gasteiger partial charge in [0.05, 0.1) is 23.3 Å². The zero-order valence-electron chi connectivity index (χ0n) is 22.4. The van der Waals surface area contributed by atoms with E-state index >= 15 is 0 Å². The summed E-state index contributed by atoms with van der Waals surface area (Å²) in [6.07, 6.45) is 4.42. The third kappa shape index (κ3) is 8.07. The summed E-state index contributed by atoms with van der Waals surface area (Å²) in [7, 11) is 0. The molecule has 40 heavy (non-hydrogen) atoms. The second-order valence-electron chi connectivity index (χ2n) is 9.91. The minimum atomic E-state index is -0.425. The van der Waals surface area contributed by atoms with Crippen LogP contribution >= 0.6 is 0 Å². The summed E-state index contributed by atoms with van der Waals surface area (Å²) in [5, 5.41) is 0. The summed E-state index contributed by atoms with van der Waals surface area (Å²) in [6.45, 7) is 2.79. The maximum absolute atomic E-state index is 12.5. The average molecular weight is 547 g/mol. The largest absolute Gasteiger partial charge is 0.491 e. The number of rotatable bonds is 12. The molecule has 0 amide bonds. The highest BCUT2D eigenvalue weighted by Gasteiger charge is 2.17. The molecule has 0 aromatic heterocycles. The molecule has 210 valence electrons. The minimum absolute atomic E-state index is 0.102. The van der Waals surface area contributed by atoms with Gasteiger partial charge in [-0.25, -0.2) is 9.59 Å². The van der Waals surface area contributed by atoms with E-state index < -0.39 is 11.9 Å². The van der Waals surface area contributed by atoms with Crippen molar-refractivity contribution >= 4 is 11.9 Å². The van der Waals surface area contributed by atoms with Gasteiger partial charge in [-0.2, -0.15) is 0 Å². The molecular weight excluding hydrogens is 512 g/mol. The van der Waals surface area contributed by atoms with Crippen LogP contribution in [0.5, 0.6) is 11.5 Å². The maximum atomic E-state index is 12.5. The van der Waals surface area contributed by atoms with Gasteiger partial charge in [0.2, 0.25) is 0 Å². The molecule has 8 heteroatoms. The van der Waals surface area contributed by atoms with Crippen LogP contribution in [0.3, 0.4) is 0 Å². The molecule has 2 aliphatic heterocycles. The Labute approximate surface area is 234 Å². The summed E-state index contributed by atoms with van der Waals surface area (Å²) < 4.78 is 33.6. The lowest BCUT2D eigenvalue weighted by molar-refractivity contribution is 0.0471. The summed E-state index contributed by atoms with van der Waals surface area (Å²) in [5.41, 5.74) is 2.48. The van der Waals surface area contributed by atoms with Crippen LogP contribution < -0.4 is 9.47 Å². The third-order valence-electron chi connectivity index (χ3n) is 6.83. The standard InChI is InChI=1S/C32H34O8/c33-31(25-8-12-27(13-9-25)37-21-29-6-2-16-35-29)39-19-23-4-1-5-24(18-23)20-40-32(34)26-10-14-28(15-11-26)38-22-30-7-3-17-36-30/h1,4-5,8-15,18,29-30H,2-3,6-7,16-17,19-22H2. The normalized spacial score (nSPS) is 18.3. The number of hydrogen-bond acceptors (Lipinski definition) is 8. The molecule has 0 spiro atoms. The fourth-order valence-electron chi connectivity index (χ4n) is 4.58. The van der Waals surface area contributed by atoms with Crippen LogP contribution in [0, 0.1) is 0 Å². The van der Waals surface area contributed by atoms with Gasteiger partial charge in [-0.1, -0.05) is 18.2 Å². The van der Waals surface area contributed by atoms with Gasteiger partial charge in [0, 0.05) is 13.2 Å². The molecule has 2 unspecified atom stereocenters. The van der Waals surface area contributed by atoms with Crippen molar-refractivity contribution in [2.24, 2.45) is 0 Å². The fourth-order valence-corrected chi connectivity index (χ4v) is 4.58. The summed E-state index contributed by atoms with van der Waals surface area (Å²) >= 11 is 0. The van der Waals surface area contributed by atoms with Gasteiger partial charge in [0.1, 0.15) is 37.9 Å². The number of benzene rings is 3. The highest BCUT2D eigenvalue weighted by atomic mass is 16.5. The Balaban J connectivity index is 1.04. The summed E-state index contributed by atoms with van der Waals surface area (Å²) in [5.74, 6) is 0.525. The molecule has 2 fully saturated rings. The quantitative estimate of drug-likeness (QED) is 0.275. The molecule has 0 aliphatic carbocycles. The molecule has 8 nitrogen and oxygen atoms in total. The predicted octanol–water partition coefficient (Wildman–Crippen LogP) is 5.52. The van der Waals surface area contributed by atoms with Crippen molar-refractivity contribution in [1.82, 2.24) is 0 Å². The molecule has 2 heterocycles. The first-order valence-electron chi connectivity index (χ1n) is 13.7. The molecule has 0 saturated carbocycles. The zero-order chi connectivity index (χ0) is 27.6. The van der Waals surface area contributed by atoms with Gasteiger partial charge in [0.15, 0.2) is 0 Å². The molecule has 3 aromatic carbocycles. The first-order chi connectivity index (χ1) is 19.6. The van der Waals surface area contributed by atoms with Gasteiger partial charge in [-0.05, 0) is 91.4 Å². The second-order valence-corrected chi connectivity index (χ2v) is 9.91. The van der Waals surface area contributed by atoms with Crippen molar-refractivity contribution in [2.45, 2.75) is 51.1 Å². The Morgan fingerprint density at radius 3 is 1.50 bits per heavy atom. The third-order valence-corrected chi connectivity index (χ3v) is 6.83. The van der Waals surface area contributed by atoms with E-state index in [4.69, 9.17) is 28.4 Å². The lowest BCUT2D eigenvalue weighted by Gasteiger charge is -2.12. The highest BCUT2D eigenvalue weighted by Crippen LogP contribution is 2.19. The Morgan fingerprint density at radius 1 is 0.650 bits per heavy atom. The maximum Gasteiger partial charge on any atom is 0.338 e. The van der Waals surface area contributed by atoms with Crippen LogP contribution in [0.1, 0.15) is 57.5 Å². The van der Waals surface area contributed by atoms with Crippen molar-refractivity contribution in [3.8, 4) is 11.5 Å². The topological polar surface area (TPSA) is 89.5 Å². The van der Waals surface area contributed by atoms with E-state index in [0.717, 1.165) is 50.0 Å². The summed E-state index contributed by atoms with van der Waals surface area (Å²) in [4.78, 5) is 25.0. The molecule has 0 N–H and O–H groups in total. The van der Waals surface area contributed by atoms with Crippen molar-refractivity contribution < 1.29 is 38.0 Å². The SMILES string of the molecule is O=C(OCc1cccc(COC(=O)c2ccc(OCC3CCCO3)cc2)c1)c1ccc(OCC2CCCO2)cc1. The fraction of sp³-hybridized carbons (Fsp3) is 0.375. The van der Waals surface area contributed by atoms with Gasteiger partial charge in [-0.3, -0.25) is 0 Å². The van der Waals surface area contributed by atoms with E-state index in [1.807, 2.05) is 24.3 Å². The van der Waals surface area contributed by atoms with Crippen molar-refractivity contribution in [3.63, 3.8) is 0 Å². The highest BCUT2D eigenvalue weighted by molar-refractivity contribution is 5.90. The van der Waals surface area contributed by atoms with Crippen molar-refractivity contribution in [3.05, 3.63) is 95.1 Å². The monoisotopic (exact) mass is 546 g/mol. The Kier molecular flexibility index (Phi) is 9.66. The molecule has 5 rings (SSSR count). The molecule has 0 radical (unpaired) electrons. The predicted molar refractivity (Wildman–Crippen MR) is 147 cm³/mol. The molecule has 2 atom stereocenters. The molecular formula is C32H34O8. The smallest absolute Gasteiger partial charge is 0.338 e. The van der Waals surface area contributed by atoms with Crippen LogP contribution in [0.25, 0.3) is 0 Å². The number of carbonyl (C=O) groups is 2. The number of ether oxygens (including phenoxy) is 6. The van der Waals surface area contributed by atoms with Gasteiger partial charge in [-0.15, -0.1) is 0 Å². The minimum Gasteiger partial charge on any atom is -0.491 e. The Morgan fingerprint density at radius 2 is 1.10 bits per heavy atom.